The van der Waals surface area contributed by atoms with Gasteiger partial charge in [-0.05, 0) is 29.2 Å². The van der Waals surface area contributed by atoms with E-state index in [-0.39, 0.29) is 11.7 Å². The lowest BCUT2D eigenvalue weighted by Crippen LogP contribution is -2.50. The zero-order chi connectivity index (χ0) is 22.6. The van der Waals surface area contributed by atoms with E-state index in [0.717, 1.165) is 49.2 Å². The lowest BCUT2D eigenvalue weighted by molar-refractivity contribution is -0.904. The van der Waals surface area contributed by atoms with Crippen molar-refractivity contribution in [2.45, 2.75) is 50.7 Å². The summed E-state index contributed by atoms with van der Waals surface area (Å²) in [5.74, 6) is 0.776. The van der Waals surface area contributed by atoms with Crippen LogP contribution >= 0.6 is 11.6 Å². The molecule has 0 saturated heterocycles. The van der Waals surface area contributed by atoms with Crippen LogP contribution in [0.5, 0.6) is 0 Å². The first-order valence-corrected chi connectivity index (χ1v) is 11.9. The maximum atomic E-state index is 14.4. The fourth-order valence-electron chi connectivity index (χ4n) is 4.78. The monoisotopic (exact) mass is 453 g/mol. The summed E-state index contributed by atoms with van der Waals surface area (Å²) >= 11 is 6.12. The van der Waals surface area contributed by atoms with Gasteiger partial charge in [-0.2, -0.15) is 4.98 Å². The molecule has 1 aliphatic rings. The molecule has 1 heterocycles. The smallest absolute Gasteiger partial charge is 0.281 e. The summed E-state index contributed by atoms with van der Waals surface area (Å²) in [6.45, 7) is 1.46. The predicted octanol–water partition coefficient (Wildman–Crippen LogP) is 4.73. The molecule has 0 amide bonds. The summed E-state index contributed by atoms with van der Waals surface area (Å²) < 4.78 is 6.31. The van der Waals surface area contributed by atoms with Gasteiger partial charge in [0.2, 0.25) is 0 Å². The van der Waals surface area contributed by atoms with Gasteiger partial charge in [-0.25, -0.2) is 0 Å². The van der Waals surface area contributed by atoms with Crippen LogP contribution in [-0.2, 0) is 18.6 Å². The zero-order valence-corrected chi connectivity index (χ0v) is 19.7. The number of hydrogen-bond acceptors (Lipinski definition) is 4. The highest BCUT2D eigenvalue weighted by molar-refractivity contribution is 6.30. The summed E-state index contributed by atoms with van der Waals surface area (Å²) in [4.78, 5) is 4.66. The number of likely N-dealkylation sites (N-methyl/N-ethyl adjacent to an activating group) is 1. The van der Waals surface area contributed by atoms with Gasteiger partial charge in [0.15, 0.2) is 12.4 Å². The first-order chi connectivity index (χ1) is 15.4. The van der Waals surface area contributed by atoms with Crippen LogP contribution in [0.2, 0.25) is 5.02 Å². The molecule has 0 aliphatic heterocycles. The van der Waals surface area contributed by atoms with E-state index in [4.69, 9.17) is 16.1 Å². The molecule has 1 unspecified atom stereocenters. The fourth-order valence-corrected chi connectivity index (χ4v) is 4.99. The number of nitrogens with zero attached hydrogens (tertiary/aromatic N) is 3. The van der Waals surface area contributed by atoms with Crippen LogP contribution in [0.4, 0.5) is 0 Å². The Morgan fingerprint density at radius 3 is 2.53 bits per heavy atom. The quantitative estimate of drug-likeness (QED) is 0.463. The average Bonchev–Trinajstić information content (AvgIpc) is 3.27. The molecule has 6 heteroatoms. The maximum absolute atomic E-state index is 14.4. The van der Waals surface area contributed by atoms with Crippen molar-refractivity contribution in [3.63, 3.8) is 0 Å². The molecule has 0 radical (unpaired) electrons. The molecule has 32 heavy (non-hydrogen) atoms. The van der Waals surface area contributed by atoms with Crippen molar-refractivity contribution in [3.05, 3.63) is 82.5 Å². The molecule has 5 nitrogen and oxygen atoms in total. The second-order valence-corrected chi connectivity index (χ2v) is 10.1. The van der Waals surface area contributed by atoms with Gasteiger partial charge >= 0.3 is 0 Å². The number of hydrogen-bond donors (Lipinski definition) is 0. The Hall–Kier alpha value is -2.21. The second kappa shape index (κ2) is 9.74. The highest BCUT2D eigenvalue weighted by Crippen LogP contribution is 2.40. The van der Waals surface area contributed by atoms with Gasteiger partial charge in [-0.1, -0.05) is 96.9 Å². The van der Waals surface area contributed by atoms with Crippen molar-refractivity contribution in [2.75, 3.05) is 20.6 Å². The second-order valence-electron chi connectivity index (χ2n) is 9.65. The first-order valence-electron chi connectivity index (χ1n) is 11.5. The molecule has 1 aromatic heterocycles. The molecule has 1 saturated carbocycles. The minimum atomic E-state index is -1.47. The van der Waals surface area contributed by atoms with E-state index in [1.807, 2.05) is 48.5 Å². The Morgan fingerprint density at radius 2 is 1.81 bits per heavy atom. The minimum absolute atomic E-state index is 0.0190. The third-order valence-corrected chi connectivity index (χ3v) is 6.88. The molecular weight excluding hydrogens is 422 g/mol. The molecule has 0 bridgehead atoms. The molecule has 3 aromatic rings. The number of benzene rings is 2. The predicted molar refractivity (Wildman–Crippen MR) is 124 cm³/mol. The molecule has 1 atom stereocenters. The van der Waals surface area contributed by atoms with Crippen molar-refractivity contribution >= 4 is 11.6 Å². The highest BCUT2D eigenvalue weighted by Gasteiger charge is 2.36. The Balaban J connectivity index is 1.52. The van der Waals surface area contributed by atoms with E-state index in [1.165, 1.54) is 12.0 Å². The molecule has 2 aromatic carbocycles. The SMILES string of the molecule is C[N+](C)(CCc1cccc(Cl)c1)Cc1nc(C([O-])(c2ccccc2)C2CCCCC2)no1. The average molecular weight is 454 g/mol. The number of aromatic nitrogens is 2. The fraction of sp³-hybridized carbons (Fsp3) is 0.462. The van der Waals surface area contributed by atoms with Gasteiger partial charge < -0.3 is 14.1 Å². The van der Waals surface area contributed by atoms with Crippen molar-refractivity contribution in [3.8, 4) is 0 Å². The van der Waals surface area contributed by atoms with E-state index in [2.05, 4.69) is 30.3 Å². The summed E-state index contributed by atoms with van der Waals surface area (Å²) in [7, 11) is 4.27. The van der Waals surface area contributed by atoms with Crippen molar-refractivity contribution in [1.82, 2.24) is 10.1 Å². The topological polar surface area (TPSA) is 62.0 Å². The lowest BCUT2D eigenvalue weighted by Gasteiger charge is -2.46. The summed E-state index contributed by atoms with van der Waals surface area (Å²) in [5, 5.41) is 19.4. The third-order valence-electron chi connectivity index (χ3n) is 6.64. The van der Waals surface area contributed by atoms with E-state index in [0.29, 0.717) is 16.9 Å². The molecule has 0 N–H and O–H groups in total. The van der Waals surface area contributed by atoms with Crippen LogP contribution in [0.25, 0.3) is 0 Å². The van der Waals surface area contributed by atoms with Gasteiger partial charge in [0.25, 0.3) is 5.89 Å². The van der Waals surface area contributed by atoms with E-state index in [1.54, 1.807) is 0 Å². The lowest BCUT2D eigenvalue weighted by atomic mass is 9.73. The van der Waals surface area contributed by atoms with Gasteiger partial charge in [0, 0.05) is 11.4 Å². The van der Waals surface area contributed by atoms with E-state index < -0.39 is 5.60 Å². The van der Waals surface area contributed by atoms with Gasteiger partial charge in [0.05, 0.1) is 20.6 Å². The largest absolute Gasteiger partial charge is 0.840 e. The highest BCUT2D eigenvalue weighted by atomic mass is 35.5. The standard InChI is InChI=1S/C26H32ClN3O2/c1-30(2,17-16-20-10-9-15-23(27)18-20)19-24-28-25(29-32-24)26(31,21-11-5-3-6-12-21)22-13-7-4-8-14-22/h3,5-6,9-12,15,18,22H,4,7-8,13-14,16-17,19H2,1-2H3. The molecule has 4 rings (SSSR count). The Bertz CT molecular complexity index is 1010. The van der Waals surface area contributed by atoms with Crippen molar-refractivity contribution in [2.24, 2.45) is 5.92 Å². The summed E-state index contributed by atoms with van der Waals surface area (Å²) in [5.41, 5.74) is 0.463. The van der Waals surface area contributed by atoms with Crippen LogP contribution in [0.1, 0.15) is 54.9 Å². The van der Waals surface area contributed by atoms with Gasteiger partial charge in [-0.15, -0.1) is 0 Å². The molecule has 1 aliphatic carbocycles. The third kappa shape index (κ3) is 5.22. The zero-order valence-electron chi connectivity index (χ0n) is 19.0. The molecule has 0 spiro atoms. The number of quaternary nitrogens is 1. The van der Waals surface area contributed by atoms with Crippen LogP contribution in [-0.4, -0.2) is 35.3 Å². The summed E-state index contributed by atoms with van der Waals surface area (Å²) in [6, 6.07) is 17.5. The molecule has 170 valence electrons. The minimum Gasteiger partial charge on any atom is -0.840 e. The first kappa shape index (κ1) is 23.0. The van der Waals surface area contributed by atoms with E-state index >= 15 is 0 Å². The van der Waals surface area contributed by atoms with Crippen LogP contribution in [0, 0.1) is 5.92 Å². The van der Waals surface area contributed by atoms with Crippen LogP contribution in [0.15, 0.2) is 59.1 Å². The number of halogens is 1. The van der Waals surface area contributed by atoms with Crippen molar-refractivity contribution in [1.29, 1.82) is 0 Å². The normalized spacial score (nSPS) is 17.2. The van der Waals surface area contributed by atoms with Crippen molar-refractivity contribution < 1.29 is 14.1 Å². The Labute approximate surface area is 195 Å². The van der Waals surface area contributed by atoms with Gasteiger partial charge in [-0.3, -0.25) is 0 Å². The molecular formula is C26H32ClN3O2. The van der Waals surface area contributed by atoms with Crippen LogP contribution in [0.3, 0.4) is 0 Å². The van der Waals surface area contributed by atoms with E-state index in [9.17, 15) is 5.11 Å². The maximum Gasteiger partial charge on any atom is 0.281 e. The Morgan fingerprint density at radius 1 is 1.06 bits per heavy atom. The Kier molecular flexibility index (Phi) is 6.99. The molecule has 1 fully saturated rings. The van der Waals surface area contributed by atoms with Gasteiger partial charge in [0.1, 0.15) is 0 Å². The van der Waals surface area contributed by atoms with Crippen LogP contribution < -0.4 is 5.11 Å². The number of rotatable bonds is 8. The summed E-state index contributed by atoms with van der Waals surface area (Å²) in [6.07, 6.45) is 6.06.